The number of amides is 1. The van der Waals surface area contributed by atoms with Gasteiger partial charge in [-0.2, -0.15) is 5.10 Å². The highest BCUT2D eigenvalue weighted by atomic mass is 19.2. The normalized spacial score (nSPS) is 18.0. The summed E-state index contributed by atoms with van der Waals surface area (Å²) in [6, 6.07) is 5.79. The summed E-state index contributed by atoms with van der Waals surface area (Å²) < 4.78 is 27.8. The van der Waals surface area contributed by atoms with Gasteiger partial charge in [0.15, 0.2) is 11.6 Å². The maximum atomic E-state index is 13.3. The molecule has 1 saturated heterocycles. The number of piperidine rings is 1. The molecule has 4 nitrogen and oxygen atoms in total. The first-order valence-corrected chi connectivity index (χ1v) is 8.26. The fourth-order valence-corrected chi connectivity index (χ4v) is 3.30. The lowest BCUT2D eigenvalue weighted by atomic mass is 9.91. The Bertz CT molecular complexity index is 729. The van der Waals surface area contributed by atoms with Crippen LogP contribution in [-0.2, 0) is 13.5 Å². The van der Waals surface area contributed by atoms with Crippen molar-refractivity contribution >= 4 is 5.91 Å². The third-order valence-electron chi connectivity index (χ3n) is 4.67. The number of carbonyl (C=O) groups excluding carboxylic acids is 1. The van der Waals surface area contributed by atoms with E-state index in [9.17, 15) is 13.6 Å². The van der Waals surface area contributed by atoms with Gasteiger partial charge >= 0.3 is 0 Å². The minimum atomic E-state index is -0.815. The number of halogens is 2. The van der Waals surface area contributed by atoms with E-state index >= 15 is 0 Å². The Labute approximate surface area is 140 Å². The molecule has 1 fully saturated rings. The third-order valence-corrected chi connectivity index (χ3v) is 4.67. The molecule has 0 saturated carbocycles. The topological polar surface area (TPSA) is 38.1 Å². The predicted octanol–water partition coefficient (Wildman–Crippen LogP) is 3.18. The van der Waals surface area contributed by atoms with Crippen LogP contribution in [-0.4, -0.2) is 33.7 Å². The Balaban J connectivity index is 1.58. The summed E-state index contributed by atoms with van der Waals surface area (Å²) >= 11 is 0. The summed E-state index contributed by atoms with van der Waals surface area (Å²) in [6.07, 6.45) is 5.19. The van der Waals surface area contributed by atoms with E-state index in [0.29, 0.717) is 24.6 Å². The molecule has 1 aromatic carbocycles. The second kappa shape index (κ2) is 7.11. The molecule has 6 heteroatoms. The van der Waals surface area contributed by atoms with Gasteiger partial charge in [-0.05, 0) is 55.4 Å². The molecule has 1 atom stereocenters. The van der Waals surface area contributed by atoms with Crippen LogP contribution in [0, 0.1) is 17.6 Å². The van der Waals surface area contributed by atoms with Crippen molar-refractivity contribution in [2.24, 2.45) is 13.0 Å². The van der Waals surface area contributed by atoms with Crippen LogP contribution in [0.2, 0.25) is 0 Å². The number of carbonyl (C=O) groups is 1. The first-order chi connectivity index (χ1) is 11.5. The van der Waals surface area contributed by atoms with E-state index in [0.717, 1.165) is 31.4 Å². The Hall–Kier alpha value is -2.24. The molecule has 0 radical (unpaired) electrons. The molecule has 2 heterocycles. The SMILES string of the molecule is Cn1nccc1C(=O)N1CCC[C@@H](CCc2ccc(F)c(F)c2)C1. The second-order valence-corrected chi connectivity index (χ2v) is 6.39. The molecule has 128 valence electrons. The van der Waals surface area contributed by atoms with Gasteiger partial charge in [-0.3, -0.25) is 9.48 Å². The van der Waals surface area contributed by atoms with Crippen molar-refractivity contribution in [3.63, 3.8) is 0 Å². The Morgan fingerprint density at radius 3 is 2.83 bits per heavy atom. The van der Waals surface area contributed by atoms with E-state index in [4.69, 9.17) is 0 Å². The third kappa shape index (κ3) is 3.63. The van der Waals surface area contributed by atoms with Gasteiger partial charge in [0.1, 0.15) is 5.69 Å². The van der Waals surface area contributed by atoms with Gasteiger partial charge in [0.2, 0.25) is 0 Å². The molecule has 0 bridgehead atoms. The van der Waals surface area contributed by atoms with Crippen LogP contribution < -0.4 is 0 Å². The molecular weight excluding hydrogens is 312 g/mol. The number of rotatable bonds is 4. The van der Waals surface area contributed by atoms with Gasteiger partial charge in [0.25, 0.3) is 5.91 Å². The highest BCUT2D eigenvalue weighted by Gasteiger charge is 2.25. The molecular formula is C18H21F2N3O. The van der Waals surface area contributed by atoms with Gasteiger partial charge in [0, 0.05) is 26.3 Å². The maximum absolute atomic E-state index is 13.3. The van der Waals surface area contributed by atoms with Gasteiger partial charge in [-0.15, -0.1) is 0 Å². The van der Waals surface area contributed by atoms with E-state index < -0.39 is 11.6 Å². The molecule has 0 spiro atoms. The lowest BCUT2D eigenvalue weighted by molar-refractivity contribution is 0.0657. The smallest absolute Gasteiger partial charge is 0.272 e. The molecule has 1 aromatic heterocycles. The van der Waals surface area contributed by atoms with Gasteiger partial charge in [-0.25, -0.2) is 8.78 Å². The standard InChI is InChI=1S/C18H21F2N3O/c1-22-17(8-9-21-22)18(24)23-10-2-3-14(12-23)5-4-13-6-7-15(19)16(20)11-13/h6-9,11,14H,2-5,10,12H2,1H3/t14-/m0/s1. The van der Waals surface area contributed by atoms with Gasteiger partial charge in [0.05, 0.1) is 0 Å². The van der Waals surface area contributed by atoms with Gasteiger partial charge in [-0.1, -0.05) is 6.07 Å². The van der Waals surface area contributed by atoms with Crippen LogP contribution in [0.4, 0.5) is 8.78 Å². The Morgan fingerprint density at radius 2 is 2.12 bits per heavy atom. The maximum Gasteiger partial charge on any atom is 0.272 e. The van der Waals surface area contributed by atoms with Crippen LogP contribution in [0.15, 0.2) is 30.5 Å². The van der Waals surface area contributed by atoms with E-state index in [1.165, 1.54) is 12.1 Å². The zero-order chi connectivity index (χ0) is 17.1. The van der Waals surface area contributed by atoms with Crippen molar-refractivity contribution in [1.82, 2.24) is 14.7 Å². The summed E-state index contributed by atoms with van der Waals surface area (Å²) in [7, 11) is 1.76. The minimum absolute atomic E-state index is 0.00697. The summed E-state index contributed by atoms with van der Waals surface area (Å²) in [5.41, 5.74) is 1.39. The largest absolute Gasteiger partial charge is 0.337 e. The molecule has 3 rings (SSSR count). The molecule has 1 aliphatic rings. The highest BCUT2D eigenvalue weighted by Crippen LogP contribution is 2.23. The fraction of sp³-hybridized carbons (Fsp3) is 0.444. The zero-order valence-corrected chi connectivity index (χ0v) is 13.7. The van der Waals surface area contributed by atoms with Crippen LogP contribution in [0.1, 0.15) is 35.3 Å². The number of hydrogen-bond acceptors (Lipinski definition) is 2. The number of benzene rings is 1. The summed E-state index contributed by atoms with van der Waals surface area (Å²) in [5.74, 6) is -1.23. The van der Waals surface area contributed by atoms with Crippen molar-refractivity contribution in [3.8, 4) is 0 Å². The zero-order valence-electron chi connectivity index (χ0n) is 13.7. The molecule has 0 aliphatic carbocycles. The fourth-order valence-electron chi connectivity index (χ4n) is 3.30. The first kappa shape index (κ1) is 16.6. The van der Waals surface area contributed by atoms with Crippen molar-refractivity contribution in [2.45, 2.75) is 25.7 Å². The van der Waals surface area contributed by atoms with E-state index in [1.807, 2.05) is 4.90 Å². The van der Waals surface area contributed by atoms with Crippen LogP contribution >= 0.6 is 0 Å². The van der Waals surface area contributed by atoms with E-state index in [1.54, 1.807) is 30.1 Å². The second-order valence-electron chi connectivity index (χ2n) is 6.39. The summed E-state index contributed by atoms with van der Waals surface area (Å²) in [4.78, 5) is 14.4. The number of likely N-dealkylation sites (tertiary alicyclic amines) is 1. The summed E-state index contributed by atoms with van der Waals surface area (Å²) in [5, 5.41) is 4.05. The number of aromatic nitrogens is 2. The van der Waals surface area contributed by atoms with Crippen LogP contribution in [0.25, 0.3) is 0 Å². The Kier molecular flexibility index (Phi) is 4.92. The van der Waals surface area contributed by atoms with Crippen LogP contribution in [0.3, 0.4) is 0 Å². The van der Waals surface area contributed by atoms with E-state index in [2.05, 4.69) is 5.10 Å². The average molecular weight is 333 g/mol. The van der Waals surface area contributed by atoms with Crippen molar-refractivity contribution in [1.29, 1.82) is 0 Å². The molecule has 2 aromatic rings. The molecule has 24 heavy (non-hydrogen) atoms. The quantitative estimate of drug-likeness (QED) is 0.862. The monoisotopic (exact) mass is 333 g/mol. The molecule has 1 amide bonds. The van der Waals surface area contributed by atoms with Crippen LogP contribution in [0.5, 0.6) is 0 Å². The Morgan fingerprint density at radius 1 is 1.29 bits per heavy atom. The highest BCUT2D eigenvalue weighted by molar-refractivity contribution is 5.92. The van der Waals surface area contributed by atoms with Crippen molar-refractivity contribution in [2.75, 3.05) is 13.1 Å². The number of nitrogens with zero attached hydrogens (tertiary/aromatic N) is 3. The first-order valence-electron chi connectivity index (χ1n) is 8.26. The number of hydrogen-bond donors (Lipinski definition) is 0. The molecule has 0 unspecified atom stereocenters. The van der Waals surface area contributed by atoms with Crippen molar-refractivity contribution < 1.29 is 13.6 Å². The van der Waals surface area contributed by atoms with Gasteiger partial charge < -0.3 is 4.90 Å². The lowest BCUT2D eigenvalue weighted by Gasteiger charge is -2.32. The molecule has 0 N–H and O–H groups in total. The number of aryl methyl sites for hydroxylation is 2. The summed E-state index contributed by atoms with van der Waals surface area (Å²) in [6.45, 7) is 1.46. The average Bonchev–Trinajstić information content (AvgIpc) is 3.01. The minimum Gasteiger partial charge on any atom is -0.337 e. The predicted molar refractivity (Wildman–Crippen MR) is 86.5 cm³/mol. The lowest BCUT2D eigenvalue weighted by Crippen LogP contribution is -2.40. The van der Waals surface area contributed by atoms with Crippen molar-refractivity contribution in [3.05, 3.63) is 53.4 Å². The van der Waals surface area contributed by atoms with E-state index in [-0.39, 0.29) is 5.91 Å². The molecule has 1 aliphatic heterocycles.